The molecule has 4 nitrogen and oxygen atoms in total. The van der Waals surface area contributed by atoms with Crippen molar-refractivity contribution >= 4 is 17.2 Å². The Bertz CT molecular complexity index is 732. The summed E-state index contributed by atoms with van der Waals surface area (Å²) in [7, 11) is 0. The maximum absolute atomic E-state index is 12.3. The van der Waals surface area contributed by atoms with E-state index in [0.717, 1.165) is 38.3 Å². The van der Waals surface area contributed by atoms with E-state index in [-0.39, 0.29) is 12.5 Å². The number of thiophene rings is 1. The molecule has 0 saturated carbocycles. The zero-order valence-electron chi connectivity index (χ0n) is 17.0. The smallest absolute Gasteiger partial charge is 0.257 e. The van der Waals surface area contributed by atoms with Crippen LogP contribution in [0.25, 0.3) is 0 Å². The minimum atomic E-state index is -0.0330. The summed E-state index contributed by atoms with van der Waals surface area (Å²) in [5.74, 6) is 1.74. The summed E-state index contributed by atoms with van der Waals surface area (Å²) in [4.78, 5) is 16.2. The Morgan fingerprint density at radius 3 is 2.96 bits per heavy atom. The minimum absolute atomic E-state index is 0.0330. The largest absolute Gasteiger partial charge is 0.483 e. The van der Waals surface area contributed by atoms with Gasteiger partial charge in [0.2, 0.25) is 0 Å². The van der Waals surface area contributed by atoms with Crippen LogP contribution in [0.15, 0.2) is 41.8 Å². The Kier molecular flexibility index (Phi) is 7.92. The van der Waals surface area contributed by atoms with Crippen molar-refractivity contribution in [1.82, 2.24) is 10.2 Å². The van der Waals surface area contributed by atoms with Gasteiger partial charge >= 0.3 is 0 Å². The minimum Gasteiger partial charge on any atom is -0.483 e. The molecule has 1 aliphatic heterocycles. The number of carbonyl (C=O) groups excluding carboxylic acids is 1. The van der Waals surface area contributed by atoms with Crippen LogP contribution < -0.4 is 10.1 Å². The van der Waals surface area contributed by atoms with Crippen molar-refractivity contribution in [3.63, 3.8) is 0 Å². The molecule has 2 heterocycles. The fraction of sp³-hybridized carbons (Fsp3) is 0.522. The van der Waals surface area contributed by atoms with Crippen LogP contribution in [0.2, 0.25) is 0 Å². The maximum atomic E-state index is 12.3. The van der Waals surface area contributed by atoms with Gasteiger partial charge in [-0.05, 0) is 60.7 Å². The molecule has 0 radical (unpaired) electrons. The predicted octanol–water partition coefficient (Wildman–Crippen LogP) is 4.67. The lowest BCUT2D eigenvalue weighted by molar-refractivity contribution is -0.123. The van der Waals surface area contributed by atoms with Gasteiger partial charge in [0.05, 0.1) is 0 Å². The molecule has 28 heavy (non-hydrogen) atoms. The second kappa shape index (κ2) is 10.6. The Balaban J connectivity index is 1.42. The molecule has 1 aromatic heterocycles. The number of carbonyl (C=O) groups is 1. The third-order valence-corrected chi connectivity index (χ3v) is 6.43. The number of piperidine rings is 1. The average Bonchev–Trinajstić information content (AvgIpc) is 3.23. The second-order valence-corrected chi connectivity index (χ2v) is 8.79. The highest BCUT2D eigenvalue weighted by Crippen LogP contribution is 2.28. The lowest BCUT2D eigenvalue weighted by Crippen LogP contribution is -2.41. The van der Waals surface area contributed by atoms with Crippen LogP contribution in [0.5, 0.6) is 5.75 Å². The van der Waals surface area contributed by atoms with E-state index in [4.69, 9.17) is 4.74 Å². The van der Waals surface area contributed by atoms with Crippen LogP contribution in [-0.4, -0.2) is 37.0 Å². The molecular formula is C23H32N2O2S. The van der Waals surface area contributed by atoms with Crippen molar-refractivity contribution in [2.75, 3.05) is 26.2 Å². The molecule has 1 amide bonds. The van der Waals surface area contributed by atoms with Gasteiger partial charge in [0, 0.05) is 24.5 Å². The molecule has 2 atom stereocenters. The quantitative estimate of drug-likeness (QED) is 0.665. The van der Waals surface area contributed by atoms with Gasteiger partial charge in [-0.15, -0.1) is 11.3 Å². The monoisotopic (exact) mass is 400 g/mol. The normalized spacial score (nSPS) is 18.6. The van der Waals surface area contributed by atoms with Gasteiger partial charge in [0.1, 0.15) is 5.75 Å². The lowest BCUT2D eigenvalue weighted by Gasteiger charge is -2.32. The SMILES string of the molecule is CCC(C)c1ccccc1OCC(=O)NCC1CCCN(Cc2cccs2)C1. The zero-order valence-corrected chi connectivity index (χ0v) is 17.8. The highest BCUT2D eigenvalue weighted by Gasteiger charge is 2.21. The molecule has 1 fully saturated rings. The number of hydrogen-bond acceptors (Lipinski definition) is 4. The molecule has 1 aromatic carbocycles. The molecule has 1 saturated heterocycles. The van der Waals surface area contributed by atoms with Crippen LogP contribution in [-0.2, 0) is 11.3 Å². The Hall–Kier alpha value is -1.85. The fourth-order valence-electron chi connectivity index (χ4n) is 3.78. The first-order chi connectivity index (χ1) is 13.7. The van der Waals surface area contributed by atoms with E-state index in [2.05, 4.69) is 47.6 Å². The maximum Gasteiger partial charge on any atom is 0.257 e. The fourth-order valence-corrected chi connectivity index (χ4v) is 4.52. The number of rotatable bonds is 9. The third-order valence-electron chi connectivity index (χ3n) is 5.57. The van der Waals surface area contributed by atoms with E-state index < -0.39 is 0 Å². The van der Waals surface area contributed by atoms with Gasteiger partial charge in [0.25, 0.3) is 5.91 Å². The van der Waals surface area contributed by atoms with Gasteiger partial charge < -0.3 is 10.1 Å². The molecule has 5 heteroatoms. The number of nitrogens with one attached hydrogen (secondary N) is 1. The van der Waals surface area contributed by atoms with Gasteiger partial charge in [0.15, 0.2) is 6.61 Å². The van der Waals surface area contributed by atoms with Crippen molar-refractivity contribution < 1.29 is 9.53 Å². The first-order valence-corrected chi connectivity index (χ1v) is 11.3. The highest BCUT2D eigenvalue weighted by molar-refractivity contribution is 7.09. The second-order valence-electron chi connectivity index (χ2n) is 7.76. The summed E-state index contributed by atoms with van der Waals surface area (Å²) < 4.78 is 5.83. The van der Waals surface area contributed by atoms with Crippen molar-refractivity contribution in [3.05, 3.63) is 52.2 Å². The zero-order chi connectivity index (χ0) is 19.8. The number of amides is 1. The Morgan fingerprint density at radius 2 is 2.18 bits per heavy atom. The van der Waals surface area contributed by atoms with Crippen LogP contribution in [0.3, 0.4) is 0 Å². The van der Waals surface area contributed by atoms with Crippen molar-refractivity contribution in [2.45, 2.75) is 45.6 Å². The van der Waals surface area contributed by atoms with Crippen molar-refractivity contribution in [1.29, 1.82) is 0 Å². The topological polar surface area (TPSA) is 41.6 Å². The molecule has 152 valence electrons. The number of para-hydroxylation sites is 1. The number of hydrogen-bond donors (Lipinski definition) is 1. The molecule has 1 N–H and O–H groups in total. The van der Waals surface area contributed by atoms with E-state index in [1.54, 1.807) is 0 Å². The summed E-state index contributed by atoms with van der Waals surface area (Å²) in [5.41, 5.74) is 1.18. The molecule has 2 aromatic rings. The van der Waals surface area contributed by atoms with Crippen LogP contribution >= 0.6 is 11.3 Å². The Morgan fingerprint density at radius 1 is 1.32 bits per heavy atom. The number of ether oxygens (including phenoxy) is 1. The van der Waals surface area contributed by atoms with Gasteiger partial charge in [-0.3, -0.25) is 9.69 Å². The summed E-state index contributed by atoms with van der Waals surface area (Å²) >= 11 is 1.82. The molecule has 2 unspecified atom stereocenters. The predicted molar refractivity (Wildman–Crippen MR) is 116 cm³/mol. The van der Waals surface area contributed by atoms with E-state index in [1.807, 2.05) is 29.5 Å². The van der Waals surface area contributed by atoms with Crippen LogP contribution in [0.1, 0.15) is 49.5 Å². The average molecular weight is 401 g/mol. The molecule has 1 aliphatic rings. The molecule has 0 aliphatic carbocycles. The molecule has 3 rings (SSSR count). The summed E-state index contributed by atoms with van der Waals surface area (Å²) in [6.45, 7) is 8.40. The first kappa shape index (κ1) is 20.9. The molecule has 0 spiro atoms. The van der Waals surface area contributed by atoms with E-state index >= 15 is 0 Å². The van der Waals surface area contributed by atoms with E-state index in [9.17, 15) is 4.79 Å². The van der Waals surface area contributed by atoms with Crippen molar-refractivity contribution in [2.24, 2.45) is 5.92 Å². The van der Waals surface area contributed by atoms with Crippen molar-refractivity contribution in [3.8, 4) is 5.75 Å². The van der Waals surface area contributed by atoms with Crippen LogP contribution in [0.4, 0.5) is 0 Å². The van der Waals surface area contributed by atoms with E-state index in [1.165, 1.54) is 23.3 Å². The summed E-state index contributed by atoms with van der Waals surface area (Å²) in [6.07, 6.45) is 3.43. The van der Waals surface area contributed by atoms with Crippen LogP contribution in [0, 0.1) is 5.92 Å². The number of likely N-dealkylation sites (tertiary alicyclic amines) is 1. The first-order valence-electron chi connectivity index (χ1n) is 10.4. The van der Waals surface area contributed by atoms with Gasteiger partial charge in [-0.25, -0.2) is 0 Å². The van der Waals surface area contributed by atoms with Gasteiger partial charge in [-0.2, -0.15) is 0 Å². The third kappa shape index (κ3) is 6.08. The molecular weight excluding hydrogens is 368 g/mol. The molecule has 0 bridgehead atoms. The number of nitrogens with zero attached hydrogens (tertiary/aromatic N) is 1. The Labute approximate surface area is 172 Å². The summed E-state index contributed by atoms with van der Waals surface area (Å²) in [6, 6.07) is 12.3. The van der Waals surface area contributed by atoms with Gasteiger partial charge in [-0.1, -0.05) is 38.1 Å². The summed E-state index contributed by atoms with van der Waals surface area (Å²) in [5, 5.41) is 5.21. The standard InChI is InChI=1S/C23H32N2O2S/c1-3-18(2)21-10-4-5-11-22(21)27-17-23(26)24-14-19-8-6-12-25(15-19)16-20-9-7-13-28-20/h4-5,7,9-11,13,18-19H,3,6,8,12,14-17H2,1-2H3,(H,24,26). The van der Waals surface area contributed by atoms with E-state index in [0.29, 0.717) is 11.8 Å². The highest BCUT2D eigenvalue weighted by atomic mass is 32.1. The lowest BCUT2D eigenvalue weighted by atomic mass is 9.98. The number of benzene rings is 1.